The fraction of sp³-hybridized carbons (Fsp3) is 0.686. The van der Waals surface area contributed by atoms with Crippen LogP contribution in [-0.4, -0.2) is 77.4 Å². The molecule has 1 N–H and O–H groups in total. The highest BCUT2D eigenvalue weighted by Crippen LogP contribution is 2.39. The third kappa shape index (κ3) is 7.66. The van der Waals surface area contributed by atoms with Gasteiger partial charge in [-0.15, -0.1) is 0 Å². The van der Waals surface area contributed by atoms with E-state index >= 15 is 0 Å². The molecular weight excluding hydrogens is 588 g/mol. The van der Waals surface area contributed by atoms with Gasteiger partial charge >= 0.3 is 12.1 Å². The number of hydrogen-bond donors (Lipinski definition) is 1. The zero-order valence-corrected chi connectivity index (χ0v) is 28.3. The van der Waals surface area contributed by atoms with Gasteiger partial charge in [0.15, 0.2) is 0 Å². The van der Waals surface area contributed by atoms with Crippen LogP contribution in [0.4, 0.5) is 4.79 Å². The number of alkyl carbamates (subject to hydrolysis) is 1. The molecule has 6 unspecified atom stereocenters. The molecule has 2 fully saturated rings. The summed E-state index contributed by atoms with van der Waals surface area (Å²) >= 11 is 0. The van der Waals surface area contributed by atoms with Gasteiger partial charge in [0.2, 0.25) is 11.8 Å². The summed E-state index contributed by atoms with van der Waals surface area (Å²) in [4.78, 5) is 52.7. The van der Waals surface area contributed by atoms with E-state index in [2.05, 4.69) is 5.32 Å². The summed E-state index contributed by atoms with van der Waals surface area (Å²) < 4.78 is 23.6. The van der Waals surface area contributed by atoms with Crippen LogP contribution in [0.2, 0.25) is 0 Å². The Morgan fingerprint density at radius 3 is 2.57 bits per heavy atom. The molecule has 1 saturated heterocycles. The molecule has 1 saturated carbocycles. The molecule has 1 aromatic heterocycles. The normalized spacial score (nSPS) is 27.4. The number of carbonyl (C=O) groups is 3. The van der Waals surface area contributed by atoms with Crippen molar-refractivity contribution in [2.45, 2.75) is 111 Å². The summed E-state index contributed by atoms with van der Waals surface area (Å²) in [5, 5.41) is 2.86. The fourth-order valence-electron chi connectivity index (χ4n) is 6.58. The number of methoxy groups -OCH3 is 1. The number of ether oxygens (including phenoxy) is 4. The summed E-state index contributed by atoms with van der Waals surface area (Å²) in [6.45, 7) is 11.9. The quantitative estimate of drug-likeness (QED) is 0.424. The lowest BCUT2D eigenvalue weighted by molar-refractivity contribution is -0.157. The maximum absolute atomic E-state index is 14.4. The molecular formula is C35H50N4O7. The number of esters is 1. The van der Waals surface area contributed by atoms with Crippen LogP contribution >= 0.6 is 0 Å². The molecule has 3 aliphatic rings. The molecule has 11 heteroatoms. The molecule has 1 aromatic carbocycles. The Bertz CT molecular complexity index is 1420. The zero-order valence-electron chi connectivity index (χ0n) is 28.3. The van der Waals surface area contributed by atoms with E-state index in [4.69, 9.17) is 28.9 Å². The maximum Gasteiger partial charge on any atom is 0.408 e. The molecule has 3 heterocycles. The van der Waals surface area contributed by atoms with Gasteiger partial charge in [0.25, 0.3) is 0 Å². The van der Waals surface area contributed by atoms with Crippen LogP contribution in [0.3, 0.4) is 0 Å². The third-order valence-corrected chi connectivity index (χ3v) is 9.30. The van der Waals surface area contributed by atoms with Gasteiger partial charge in [0.1, 0.15) is 35.7 Å². The van der Waals surface area contributed by atoms with E-state index in [0.29, 0.717) is 35.9 Å². The molecule has 0 spiro atoms. The second kappa shape index (κ2) is 14.0. The van der Waals surface area contributed by atoms with E-state index in [0.717, 1.165) is 43.3 Å². The van der Waals surface area contributed by atoms with Crippen LogP contribution in [-0.2, 0) is 25.5 Å². The van der Waals surface area contributed by atoms with Crippen molar-refractivity contribution in [1.82, 2.24) is 20.2 Å². The lowest BCUT2D eigenvalue weighted by Crippen LogP contribution is -2.57. The van der Waals surface area contributed by atoms with Crippen LogP contribution in [0.1, 0.15) is 85.8 Å². The molecule has 2 aromatic rings. The largest absolute Gasteiger partial charge is 0.497 e. The van der Waals surface area contributed by atoms with Crippen LogP contribution in [0.25, 0.3) is 11.0 Å². The SMILES string of the molecule is CCC1C2CN(C(=O)C(C(C)(C)C)NC(=O)OC3CC3CCCCCc3nc4ccc(OC)cc4nc3O2)C1C(=O)OCC(C)C. The van der Waals surface area contributed by atoms with Crippen molar-refractivity contribution in [2.24, 2.45) is 23.2 Å². The van der Waals surface area contributed by atoms with Gasteiger partial charge in [-0.05, 0) is 61.5 Å². The number of benzene rings is 1. The van der Waals surface area contributed by atoms with E-state index in [1.807, 2.05) is 59.7 Å². The number of nitrogens with zero attached hydrogens (tertiary/aromatic N) is 3. The minimum Gasteiger partial charge on any atom is -0.497 e. The van der Waals surface area contributed by atoms with Gasteiger partial charge in [-0.1, -0.05) is 54.4 Å². The van der Waals surface area contributed by atoms with E-state index < -0.39 is 35.7 Å². The number of amides is 2. The van der Waals surface area contributed by atoms with Crippen LogP contribution in [0.15, 0.2) is 18.2 Å². The molecule has 2 amide bonds. The Balaban J connectivity index is 1.55. The lowest BCUT2D eigenvalue weighted by atomic mass is 9.85. The van der Waals surface area contributed by atoms with Crippen molar-refractivity contribution in [3.8, 4) is 11.6 Å². The molecule has 2 aliphatic heterocycles. The van der Waals surface area contributed by atoms with Crippen LogP contribution < -0.4 is 14.8 Å². The van der Waals surface area contributed by atoms with Gasteiger partial charge in [-0.2, -0.15) is 0 Å². The molecule has 6 atom stereocenters. The third-order valence-electron chi connectivity index (χ3n) is 9.30. The second-order valence-corrected chi connectivity index (χ2v) is 14.5. The standard InChI is InChI=1S/C35H50N4O7/c1-8-23-28-18-39(29(23)33(41)44-19-20(2)3)32(40)30(35(4,5)6)38-34(42)46-27-16-21(27)12-10-9-11-13-25-31(45-28)37-26-17-22(43-7)14-15-24(26)36-25/h14-15,17,20-21,23,27-30H,8-13,16,18-19H2,1-7H3,(H,38,42). The Morgan fingerprint density at radius 1 is 1.09 bits per heavy atom. The topological polar surface area (TPSA) is 129 Å². The van der Waals surface area contributed by atoms with Crippen LogP contribution in [0, 0.1) is 23.2 Å². The van der Waals surface area contributed by atoms with Gasteiger partial charge in [0, 0.05) is 12.0 Å². The predicted octanol–water partition coefficient (Wildman–Crippen LogP) is 5.47. The highest BCUT2D eigenvalue weighted by atomic mass is 16.6. The number of aryl methyl sites for hydroxylation is 1. The first-order chi connectivity index (χ1) is 21.9. The number of nitrogens with one attached hydrogen (secondary N) is 1. The Hall–Kier alpha value is -3.63. The Kier molecular flexibility index (Phi) is 10.3. The number of rotatable bonds is 5. The molecule has 5 rings (SSSR count). The maximum atomic E-state index is 14.4. The summed E-state index contributed by atoms with van der Waals surface area (Å²) in [6.07, 6.45) is 4.64. The zero-order chi connectivity index (χ0) is 33.2. The first-order valence-corrected chi connectivity index (χ1v) is 16.8. The van der Waals surface area contributed by atoms with E-state index in [-0.39, 0.29) is 37.0 Å². The predicted molar refractivity (Wildman–Crippen MR) is 173 cm³/mol. The molecule has 2 bridgehead atoms. The monoisotopic (exact) mass is 638 g/mol. The van der Waals surface area contributed by atoms with Crippen molar-refractivity contribution in [3.05, 3.63) is 23.9 Å². The molecule has 0 radical (unpaired) electrons. The average Bonchev–Trinajstić information content (AvgIpc) is 3.63. The summed E-state index contributed by atoms with van der Waals surface area (Å²) in [6, 6.07) is 3.76. The number of hydrogen-bond acceptors (Lipinski definition) is 9. The van der Waals surface area contributed by atoms with E-state index in [1.54, 1.807) is 7.11 Å². The van der Waals surface area contributed by atoms with Crippen molar-refractivity contribution in [1.29, 1.82) is 0 Å². The fourth-order valence-corrected chi connectivity index (χ4v) is 6.58. The first-order valence-electron chi connectivity index (χ1n) is 16.8. The van der Waals surface area contributed by atoms with Gasteiger partial charge in [0.05, 0.1) is 31.3 Å². The van der Waals surface area contributed by atoms with Crippen molar-refractivity contribution < 1.29 is 33.3 Å². The summed E-state index contributed by atoms with van der Waals surface area (Å²) in [7, 11) is 1.61. The number of carbonyl (C=O) groups excluding carboxylic acids is 3. The Labute approximate surface area is 272 Å². The van der Waals surface area contributed by atoms with E-state index in [9.17, 15) is 14.4 Å². The number of aromatic nitrogens is 2. The van der Waals surface area contributed by atoms with Gasteiger partial charge < -0.3 is 29.2 Å². The second-order valence-electron chi connectivity index (χ2n) is 14.5. The minimum absolute atomic E-state index is 0.127. The van der Waals surface area contributed by atoms with Crippen molar-refractivity contribution >= 4 is 29.0 Å². The molecule has 11 nitrogen and oxygen atoms in total. The summed E-state index contributed by atoms with van der Waals surface area (Å²) in [5.41, 5.74) is 1.48. The number of fused-ring (bicyclic) bond motifs is 5. The molecule has 46 heavy (non-hydrogen) atoms. The van der Waals surface area contributed by atoms with Gasteiger partial charge in [-0.25, -0.2) is 19.6 Å². The van der Waals surface area contributed by atoms with Crippen LogP contribution in [0.5, 0.6) is 11.6 Å². The van der Waals surface area contributed by atoms with Crippen molar-refractivity contribution in [3.63, 3.8) is 0 Å². The molecule has 1 aliphatic carbocycles. The lowest BCUT2D eigenvalue weighted by Gasteiger charge is -2.35. The average molecular weight is 639 g/mol. The highest BCUT2D eigenvalue weighted by molar-refractivity contribution is 5.91. The summed E-state index contributed by atoms with van der Waals surface area (Å²) in [5.74, 6) is 0.303. The van der Waals surface area contributed by atoms with E-state index in [1.165, 1.54) is 4.90 Å². The first kappa shape index (κ1) is 33.7. The smallest absolute Gasteiger partial charge is 0.408 e. The minimum atomic E-state index is -0.934. The Morgan fingerprint density at radius 2 is 1.87 bits per heavy atom. The van der Waals surface area contributed by atoms with Gasteiger partial charge in [-0.3, -0.25) is 4.79 Å². The molecule has 252 valence electrons. The van der Waals surface area contributed by atoms with Crippen molar-refractivity contribution in [2.75, 3.05) is 20.3 Å². The highest BCUT2D eigenvalue weighted by Gasteiger charge is 2.52.